The number of ether oxygens (including phenoxy) is 4. The summed E-state index contributed by atoms with van der Waals surface area (Å²) in [5.74, 6) is 2.33. The highest BCUT2D eigenvalue weighted by atomic mass is 16.5. The molecule has 0 saturated heterocycles. The fourth-order valence-electron chi connectivity index (χ4n) is 7.76. The average Bonchev–Trinajstić information content (AvgIpc) is 3.44. The Bertz CT molecular complexity index is 2170. The molecule has 49 heavy (non-hydrogen) atoms. The normalized spacial score (nSPS) is 16.8. The molecule has 0 aromatic heterocycles. The van der Waals surface area contributed by atoms with E-state index in [-0.39, 0.29) is 13.2 Å². The minimum atomic E-state index is -0.988. The molecule has 0 radical (unpaired) electrons. The third-order valence-corrected chi connectivity index (χ3v) is 10.0. The van der Waals surface area contributed by atoms with E-state index < -0.39 is 11.2 Å². The van der Waals surface area contributed by atoms with Gasteiger partial charge in [-0.2, -0.15) is 0 Å². The van der Waals surface area contributed by atoms with Crippen molar-refractivity contribution >= 4 is 16.8 Å². The van der Waals surface area contributed by atoms with Gasteiger partial charge in [0.15, 0.2) is 5.60 Å². The van der Waals surface area contributed by atoms with Gasteiger partial charge in [0.05, 0.1) is 27.4 Å². The monoisotopic (exact) mass is 646 g/mol. The Morgan fingerprint density at radius 2 is 1.31 bits per heavy atom. The summed E-state index contributed by atoms with van der Waals surface area (Å²) in [7, 11) is 3.35. The lowest BCUT2D eigenvalue weighted by Gasteiger charge is -2.40. The van der Waals surface area contributed by atoms with Gasteiger partial charge in [-0.1, -0.05) is 102 Å². The number of aliphatic hydroxyl groups excluding tert-OH is 1. The maximum absolute atomic E-state index is 10.2. The fraction of sp³-hybridized carbons (Fsp3) is 0.182. The molecule has 5 nitrogen and oxygen atoms in total. The number of aliphatic hydroxyl groups is 1. The summed E-state index contributed by atoms with van der Waals surface area (Å²) < 4.78 is 25.6. The van der Waals surface area contributed by atoms with E-state index in [2.05, 4.69) is 111 Å². The van der Waals surface area contributed by atoms with E-state index >= 15 is 0 Å². The average molecular weight is 647 g/mol. The summed E-state index contributed by atoms with van der Waals surface area (Å²) in [5, 5.41) is 12.3. The molecule has 1 aliphatic heterocycles. The van der Waals surface area contributed by atoms with Crippen LogP contribution in [0.5, 0.6) is 17.2 Å². The van der Waals surface area contributed by atoms with Crippen molar-refractivity contribution < 1.29 is 24.1 Å². The first-order valence-electron chi connectivity index (χ1n) is 16.6. The molecule has 1 unspecified atom stereocenters. The zero-order chi connectivity index (χ0) is 33.8. The third kappa shape index (κ3) is 4.68. The first-order chi connectivity index (χ1) is 23.9. The van der Waals surface area contributed by atoms with E-state index in [1.807, 2.05) is 30.3 Å². The maximum atomic E-state index is 10.2. The molecule has 1 atom stereocenters. The highest BCUT2D eigenvalue weighted by Crippen LogP contribution is 2.61. The molecule has 244 valence electrons. The zero-order valence-corrected chi connectivity index (χ0v) is 28.1. The van der Waals surface area contributed by atoms with Crippen molar-refractivity contribution in [3.05, 3.63) is 166 Å². The van der Waals surface area contributed by atoms with Gasteiger partial charge in [-0.15, -0.1) is 0 Å². The van der Waals surface area contributed by atoms with Crippen molar-refractivity contribution in [3.8, 4) is 28.4 Å². The second-order valence-electron chi connectivity index (χ2n) is 12.8. The number of methoxy groups -OCH3 is 2. The minimum Gasteiger partial charge on any atom is -0.497 e. The summed E-state index contributed by atoms with van der Waals surface area (Å²) in [6, 6.07) is 39.7. The van der Waals surface area contributed by atoms with Gasteiger partial charge < -0.3 is 24.1 Å². The van der Waals surface area contributed by atoms with Gasteiger partial charge in [0, 0.05) is 33.2 Å². The van der Waals surface area contributed by atoms with E-state index in [9.17, 15) is 5.11 Å². The van der Waals surface area contributed by atoms with Crippen molar-refractivity contribution in [2.75, 3.05) is 27.4 Å². The van der Waals surface area contributed by atoms with E-state index in [0.29, 0.717) is 0 Å². The van der Waals surface area contributed by atoms with Crippen LogP contribution in [0.3, 0.4) is 0 Å². The number of benzene rings is 6. The van der Waals surface area contributed by atoms with Gasteiger partial charge in [0.2, 0.25) is 0 Å². The van der Waals surface area contributed by atoms with Crippen molar-refractivity contribution in [2.24, 2.45) is 0 Å². The van der Waals surface area contributed by atoms with Crippen LogP contribution < -0.4 is 14.2 Å². The largest absolute Gasteiger partial charge is 0.497 e. The molecule has 0 bridgehead atoms. The number of hydrogen-bond donors (Lipinski definition) is 1. The SMILES string of the molecule is COc1ccc(C2(c3ccc(OC)cc3)C=Cc3c4c(c5ccc(C)cc5c3O2)-c2ccc(C)cc2C4(OCCO)c2ccccc2)cc1. The third-order valence-electron chi connectivity index (χ3n) is 10.0. The number of aryl methyl sites for hydroxylation is 2. The van der Waals surface area contributed by atoms with Gasteiger partial charge in [-0.05, 0) is 72.3 Å². The first kappa shape index (κ1) is 30.9. The van der Waals surface area contributed by atoms with E-state index in [0.717, 1.165) is 83.7 Å². The lowest BCUT2D eigenvalue weighted by Crippen LogP contribution is -2.36. The Morgan fingerprint density at radius 1 is 0.673 bits per heavy atom. The van der Waals surface area contributed by atoms with E-state index in [4.69, 9.17) is 18.9 Å². The van der Waals surface area contributed by atoms with Crippen LogP contribution in [-0.2, 0) is 15.9 Å². The van der Waals surface area contributed by atoms with Crippen LogP contribution in [0.15, 0.2) is 121 Å². The Hall–Kier alpha value is -5.36. The molecule has 5 heteroatoms. The predicted molar refractivity (Wildman–Crippen MR) is 195 cm³/mol. The quantitative estimate of drug-likeness (QED) is 0.179. The molecular formula is C44H38O5. The summed E-state index contributed by atoms with van der Waals surface area (Å²) >= 11 is 0. The highest BCUT2D eigenvalue weighted by Gasteiger charge is 2.50. The molecule has 6 aromatic rings. The molecule has 2 aliphatic rings. The Kier molecular flexibility index (Phi) is 7.55. The molecule has 6 aromatic carbocycles. The second-order valence-corrected chi connectivity index (χ2v) is 12.8. The van der Waals surface area contributed by atoms with Crippen molar-refractivity contribution in [3.63, 3.8) is 0 Å². The molecular weight excluding hydrogens is 608 g/mol. The zero-order valence-electron chi connectivity index (χ0n) is 28.1. The molecule has 0 amide bonds. The fourth-order valence-corrected chi connectivity index (χ4v) is 7.76. The van der Waals surface area contributed by atoms with E-state index in [1.54, 1.807) is 14.2 Å². The van der Waals surface area contributed by atoms with Crippen LogP contribution >= 0.6 is 0 Å². The van der Waals surface area contributed by atoms with Crippen molar-refractivity contribution in [2.45, 2.75) is 25.0 Å². The molecule has 0 saturated carbocycles. The number of hydrogen-bond acceptors (Lipinski definition) is 5. The Morgan fingerprint density at radius 3 is 1.94 bits per heavy atom. The molecule has 0 spiro atoms. The highest BCUT2D eigenvalue weighted by molar-refractivity contribution is 6.09. The van der Waals surface area contributed by atoms with Gasteiger partial charge in [-0.25, -0.2) is 0 Å². The van der Waals surface area contributed by atoms with Crippen LogP contribution in [0.25, 0.3) is 28.0 Å². The van der Waals surface area contributed by atoms with Crippen LogP contribution in [0, 0.1) is 13.8 Å². The Labute approximate surface area is 287 Å². The topological polar surface area (TPSA) is 57.2 Å². The van der Waals surface area contributed by atoms with Crippen molar-refractivity contribution in [1.82, 2.24) is 0 Å². The number of fused-ring (bicyclic) bond motifs is 8. The molecule has 8 rings (SSSR count). The molecule has 1 heterocycles. The van der Waals surface area contributed by atoms with E-state index in [1.165, 1.54) is 0 Å². The van der Waals surface area contributed by atoms with Gasteiger partial charge in [-0.3, -0.25) is 0 Å². The van der Waals surface area contributed by atoms with Crippen LogP contribution in [-0.4, -0.2) is 32.5 Å². The van der Waals surface area contributed by atoms with Gasteiger partial charge >= 0.3 is 0 Å². The molecule has 1 aliphatic carbocycles. The summed E-state index contributed by atoms with van der Waals surface area (Å²) in [4.78, 5) is 0. The summed E-state index contributed by atoms with van der Waals surface area (Å²) in [5.41, 5.74) is 8.55. The summed E-state index contributed by atoms with van der Waals surface area (Å²) in [6.07, 6.45) is 4.38. The molecule has 1 N–H and O–H groups in total. The van der Waals surface area contributed by atoms with Crippen LogP contribution in [0.1, 0.15) is 44.5 Å². The standard InChI is InChI=1S/C44H38O5/c1-28-10-20-35-38(26-28)42-37(22-23-43(49-42,30-12-16-33(46-3)17-13-30)31-14-18-34(47-4)19-15-31)41-40(35)36-21-11-29(2)27-39(36)44(41,48-25-24-45)32-8-6-5-7-9-32/h5-23,26-27,45H,24-25H2,1-4H3. The van der Waals surface area contributed by atoms with Gasteiger partial charge in [0.25, 0.3) is 0 Å². The van der Waals surface area contributed by atoms with Crippen molar-refractivity contribution in [1.29, 1.82) is 0 Å². The van der Waals surface area contributed by atoms with Crippen LogP contribution in [0.2, 0.25) is 0 Å². The minimum absolute atomic E-state index is 0.107. The lowest BCUT2D eigenvalue weighted by atomic mass is 9.77. The second kappa shape index (κ2) is 12.0. The number of rotatable bonds is 8. The predicted octanol–water partition coefficient (Wildman–Crippen LogP) is 9.10. The van der Waals surface area contributed by atoms with Crippen LogP contribution in [0.4, 0.5) is 0 Å². The van der Waals surface area contributed by atoms with Gasteiger partial charge in [0.1, 0.15) is 22.8 Å². The summed E-state index contributed by atoms with van der Waals surface area (Å²) in [6.45, 7) is 4.29. The maximum Gasteiger partial charge on any atom is 0.178 e. The smallest absolute Gasteiger partial charge is 0.178 e. The molecule has 0 fully saturated rings. The lowest BCUT2D eigenvalue weighted by molar-refractivity contribution is -0.00400. The Balaban J connectivity index is 1.49. The first-order valence-corrected chi connectivity index (χ1v) is 16.6.